The summed E-state index contributed by atoms with van der Waals surface area (Å²) in [4.78, 5) is 28.8. The molecule has 0 amide bonds. The first-order valence-corrected chi connectivity index (χ1v) is 9.10. The minimum absolute atomic E-state index is 0.122. The van der Waals surface area contributed by atoms with Crippen LogP contribution < -0.4 is 9.47 Å². The van der Waals surface area contributed by atoms with Crippen LogP contribution in [0.1, 0.15) is 50.7 Å². The van der Waals surface area contributed by atoms with Crippen molar-refractivity contribution in [2.24, 2.45) is 0 Å². The average molecular weight is 388 g/mol. The molecule has 1 aromatic carbocycles. The van der Waals surface area contributed by atoms with Crippen LogP contribution in [0, 0.1) is 0 Å². The Balaban J connectivity index is 1.86. The summed E-state index contributed by atoms with van der Waals surface area (Å²) < 4.78 is 17.4. The predicted molar refractivity (Wildman–Crippen MR) is 99.9 cm³/mol. The first kappa shape index (κ1) is 19.7. The molecule has 1 atom stereocenters. The summed E-state index contributed by atoms with van der Waals surface area (Å²) in [7, 11) is 0. The lowest BCUT2D eigenvalue weighted by Gasteiger charge is -2.19. The number of benzene rings is 1. The molecule has 8 nitrogen and oxygen atoms in total. The fraction of sp³-hybridized carbons (Fsp3) is 0.450. The number of ether oxygens (including phenoxy) is 3. The summed E-state index contributed by atoms with van der Waals surface area (Å²) in [6.45, 7) is 7.35. The van der Waals surface area contributed by atoms with E-state index in [1.807, 2.05) is 6.92 Å². The van der Waals surface area contributed by atoms with Crippen molar-refractivity contribution in [2.45, 2.75) is 52.1 Å². The second-order valence-electron chi connectivity index (χ2n) is 7.56. The van der Waals surface area contributed by atoms with E-state index >= 15 is 0 Å². The Kier molecular flexibility index (Phi) is 5.31. The highest BCUT2D eigenvalue weighted by molar-refractivity contribution is 5.77. The summed E-state index contributed by atoms with van der Waals surface area (Å²) in [5.41, 5.74) is 0.456. The van der Waals surface area contributed by atoms with Crippen molar-refractivity contribution in [3.05, 3.63) is 41.5 Å². The molecule has 0 bridgehead atoms. The Morgan fingerprint density at radius 2 is 2.00 bits per heavy atom. The van der Waals surface area contributed by atoms with Crippen LogP contribution in [0.25, 0.3) is 0 Å². The molecule has 0 radical (unpaired) electrons. The first-order chi connectivity index (χ1) is 13.2. The van der Waals surface area contributed by atoms with Crippen LogP contribution in [0.3, 0.4) is 0 Å². The van der Waals surface area contributed by atoms with Crippen molar-refractivity contribution < 1.29 is 28.9 Å². The molecule has 0 saturated carbocycles. The normalized spacial score (nSPS) is 14.0. The van der Waals surface area contributed by atoms with Gasteiger partial charge >= 0.3 is 12.1 Å². The molecular formula is C20H24N2O6. The van der Waals surface area contributed by atoms with E-state index in [1.165, 1.54) is 4.57 Å². The van der Waals surface area contributed by atoms with E-state index in [2.05, 4.69) is 4.98 Å². The molecule has 150 valence electrons. The molecule has 2 heterocycles. The van der Waals surface area contributed by atoms with Gasteiger partial charge in [0, 0.05) is 19.0 Å². The number of nitrogens with zero attached hydrogens (tertiary/aromatic N) is 2. The number of aryl methyl sites for hydroxylation is 1. The number of imidazole rings is 1. The molecule has 1 aliphatic heterocycles. The van der Waals surface area contributed by atoms with Crippen LogP contribution >= 0.6 is 0 Å². The van der Waals surface area contributed by atoms with Gasteiger partial charge in [0.1, 0.15) is 11.4 Å². The SMILES string of the molecule is CCc1nc(CC(C(=O)O)c2ccc3c(c2)OCO3)cn1C(=O)OC(C)(C)C. The van der Waals surface area contributed by atoms with Gasteiger partial charge in [0.15, 0.2) is 11.5 Å². The van der Waals surface area contributed by atoms with E-state index in [-0.39, 0.29) is 13.2 Å². The van der Waals surface area contributed by atoms with Crippen molar-refractivity contribution in [1.82, 2.24) is 9.55 Å². The molecule has 28 heavy (non-hydrogen) atoms. The Labute approximate surface area is 163 Å². The molecule has 0 aliphatic carbocycles. The minimum Gasteiger partial charge on any atom is -0.481 e. The maximum absolute atomic E-state index is 12.4. The second kappa shape index (κ2) is 7.53. The third-order valence-electron chi connectivity index (χ3n) is 4.25. The van der Waals surface area contributed by atoms with Gasteiger partial charge in [-0.3, -0.25) is 4.79 Å². The fourth-order valence-electron chi connectivity index (χ4n) is 2.98. The van der Waals surface area contributed by atoms with Crippen molar-refractivity contribution in [3.63, 3.8) is 0 Å². The number of carbonyl (C=O) groups is 2. The van der Waals surface area contributed by atoms with Gasteiger partial charge in [0.05, 0.1) is 11.6 Å². The topological polar surface area (TPSA) is 99.9 Å². The number of carboxylic acids is 1. The van der Waals surface area contributed by atoms with Crippen LogP contribution in [0.2, 0.25) is 0 Å². The van der Waals surface area contributed by atoms with E-state index < -0.39 is 23.6 Å². The molecule has 1 aromatic heterocycles. The summed E-state index contributed by atoms with van der Waals surface area (Å²) in [5.74, 6) is -0.170. The molecule has 1 N–H and O–H groups in total. The smallest absolute Gasteiger partial charge is 0.419 e. The summed E-state index contributed by atoms with van der Waals surface area (Å²) in [6.07, 6.45) is 1.67. The second-order valence-corrected chi connectivity index (χ2v) is 7.56. The quantitative estimate of drug-likeness (QED) is 0.838. The van der Waals surface area contributed by atoms with Crippen molar-refractivity contribution >= 4 is 12.1 Å². The third-order valence-corrected chi connectivity index (χ3v) is 4.25. The molecule has 0 fully saturated rings. The average Bonchev–Trinajstić information content (AvgIpc) is 3.23. The minimum atomic E-state index is -0.983. The van der Waals surface area contributed by atoms with E-state index in [0.717, 1.165) is 0 Å². The molecular weight excluding hydrogens is 364 g/mol. The number of carboxylic acid groups (broad SMARTS) is 1. The number of carbonyl (C=O) groups excluding carboxylic acids is 1. The van der Waals surface area contributed by atoms with Gasteiger partial charge in [-0.05, 0) is 38.5 Å². The van der Waals surface area contributed by atoms with Gasteiger partial charge in [-0.15, -0.1) is 0 Å². The molecule has 8 heteroatoms. The lowest BCUT2D eigenvalue weighted by atomic mass is 9.94. The van der Waals surface area contributed by atoms with Crippen molar-refractivity contribution in [3.8, 4) is 11.5 Å². The van der Waals surface area contributed by atoms with Gasteiger partial charge in [-0.1, -0.05) is 13.0 Å². The zero-order valence-electron chi connectivity index (χ0n) is 16.4. The zero-order chi connectivity index (χ0) is 20.5. The first-order valence-electron chi connectivity index (χ1n) is 9.10. The van der Waals surface area contributed by atoms with Crippen LogP contribution in [0.4, 0.5) is 4.79 Å². The van der Waals surface area contributed by atoms with Crippen LogP contribution in [-0.2, 0) is 22.4 Å². The Bertz CT molecular complexity index is 897. The number of fused-ring (bicyclic) bond motifs is 1. The van der Waals surface area contributed by atoms with Crippen molar-refractivity contribution in [2.75, 3.05) is 6.79 Å². The number of rotatable bonds is 5. The van der Waals surface area contributed by atoms with Crippen LogP contribution in [-0.4, -0.2) is 39.1 Å². The highest BCUT2D eigenvalue weighted by atomic mass is 16.7. The lowest BCUT2D eigenvalue weighted by molar-refractivity contribution is -0.138. The largest absolute Gasteiger partial charge is 0.481 e. The van der Waals surface area contributed by atoms with Crippen LogP contribution in [0.15, 0.2) is 24.4 Å². The molecule has 1 unspecified atom stereocenters. The van der Waals surface area contributed by atoms with E-state index in [1.54, 1.807) is 45.2 Å². The summed E-state index contributed by atoms with van der Waals surface area (Å²) in [5, 5.41) is 9.73. The van der Waals surface area contributed by atoms with E-state index in [0.29, 0.717) is 35.0 Å². The number of aromatic nitrogens is 2. The van der Waals surface area contributed by atoms with Crippen molar-refractivity contribution in [1.29, 1.82) is 0 Å². The number of hydrogen-bond donors (Lipinski definition) is 1. The molecule has 1 aliphatic rings. The standard InChI is InChI=1S/C20H24N2O6/c1-5-17-21-13(10-22(17)19(25)28-20(2,3)4)9-14(18(23)24)12-6-7-15-16(8-12)27-11-26-15/h6-8,10,14H,5,9,11H2,1-4H3,(H,23,24). The Morgan fingerprint density at radius 1 is 1.29 bits per heavy atom. The lowest BCUT2D eigenvalue weighted by Crippen LogP contribution is -2.27. The van der Waals surface area contributed by atoms with Gasteiger partial charge in [0.25, 0.3) is 0 Å². The third kappa shape index (κ3) is 4.27. The highest BCUT2D eigenvalue weighted by Crippen LogP contribution is 2.35. The van der Waals surface area contributed by atoms with Gasteiger partial charge in [0.2, 0.25) is 6.79 Å². The van der Waals surface area contributed by atoms with Gasteiger partial charge in [-0.2, -0.15) is 0 Å². The van der Waals surface area contributed by atoms with E-state index in [9.17, 15) is 14.7 Å². The van der Waals surface area contributed by atoms with E-state index in [4.69, 9.17) is 14.2 Å². The predicted octanol–water partition coefficient (Wildman–Crippen LogP) is 3.37. The fourth-order valence-corrected chi connectivity index (χ4v) is 2.98. The van der Waals surface area contributed by atoms with Gasteiger partial charge in [-0.25, -0.2) is 14.3 Å². The van der Waals surface area contributed by atoms with Crippen LogP contribution in [0.5, 0.6) is 11.5 Å². The number of hydrogen-bond acceptors (Lipinski definition) is 6. The highest BCUT2D eigenvalue weighted by Gasteiger charge is 2.26. The Hall–Kier alpha value is -3.03. The maximum Gasteiger partial charge on any atom is 0.419 e. The molecule has 0 spiro atoms. The monoisotopic (exact) mass is 388 g/mol. The summed E-state index contributed by atoms with van der Waals surface area (Å²) in [6, 6.07) is 5.08. The summed E-state index contributed by atoms with van der Waals surface area (Å²) >= 11 is 0. The van der Waals surface area contributed by atoms with Gasteiger partial charge < -0.3 is 19.3 Å². The molecule has 3 rings (SSSR count). The maximum atomic E-state index is 12.4. The molecule has 0 saturated heterocycles. The Morgan fingerprint density at radius 3 is 2.64 bits per heavy atom. The number of aliphatic carboxylic acids is 1. The molecule has 2 aromatic rings. The zero-order valence-corrected chi connectivity index (χ0v) is 16.4.